The first-order valence-corrected chi connectivity index (χ1v) is 5.16. The largest absolute Gasteiger partial charge is 0.362 e. The van der Waals surface area contributed by atoms with Gasteiger partial charge >= 0.3 is 0 Å². The second kappa shape index (κ2) is 3.90. The van der Waals surface area contributed by atoms with Crippen molar-refractivity contribution in [2.45, 2.75) is 20.3 Å². The third kappa shape index (κ3) is 1.78. The van der Waals surface area contributed by atoms with Crippen LogP contribution in [0.25, 0.3) is 0 Å². The molecule has 68 valence electrons. The van der Waals surface area contributed by atoms with Crippen LogP contribution in [0.3, 0.4) is 0 Å². The van der Waals surface area contributed by atoms with Crippen LogP contribution in [0.4, 0.5) is 5.00 Å². The molecule has 1 aromatic rings. The molecule has 2 nitrogen and oxygen atoms in total. The van der Waals surface area contributed by atoms with Gasteiger partial charge in [-0.05, 0) is 13.3 Å². The van der Waals surface area contributed by atoms with Crippen molar-refractivity contribution in [1.82, 2.24) is 0 Å². The smallest absolute Gasteiger partial charge is 0.189 e. The first-order valence-electron chi connectivity index (χ1n) is 4.39. The third-order valence-electron chi connectivity index (χ3n) is 2.04. The zero-order valence-corrected chi connectivity index (χ0v) is 9.11. The van der Waals surface area contributed by atoms with Gasteiger partial charge in [-0.3, -0.25) is 0 Å². The fourth-order valence-electron chi connectivity index (χ4n) is 1.20. The molecular weight excluding hydrogens is 168 g/mol. The van der Waals surface area contributed by atoms with Gasteiger partial charge in [0.15, 0.2) is 29.8 Å². The molecule has 0 bridgehead atoms. The van der Waals surface area contributed by atoms with Crippen LogP contribution >= 0.6 is 11.5 Å². The molecule has 0 atom stereocenters. The number of hydrogen-bond acceptors (Lipinski definition) is 2. The summed E-state index contributed by atoms with van der Waals surface area (Å²) in [7, 11) is 4.24. The topological polar surface area (TPSA) is 7.12 Å². The molecule has 1 aromatic heterocycles. The van der Waals surface area contributed by atoms with Crippen LogP contribution in [-0.2, 0) is 13.5 Å². The summed E-state index contributed by atoms with van der Waals surface area (Å²) in [5.74, 6) is 0. The van der Waals surface area contributed by atoms with Gasteiger partial charge < -0.3 is 4.90 Å². The summed E-state index contributed by atoms with van der Waals surface area (Å²) < 4.78 is 2.17. The van der Waals surface area contributed by atoms with Gasteiger partial charge in [-0.25, -0.2) is 0 Å². The standard InChI is InChI=1S/C9H17N2S/c1-5-8-7-11(4)12-9(8)10(3)6-2/h7H,5-6H2,1-4H3/q+1. The highest BCUT2D eigenvalue weighted by Gasteiger charge is 2.14. The van der Waals surface area contributed by atoms with Crippen molar-refractivity contribution in [3.05, 3.63) is 11.8 Å². The van der Waals surface area contributed by atoms with E-state index in [0.29, 0.717) is 0 Å². The van der Waals surface area contributed by atoms with Gasteiger partial charge in [0.2, 0.25) is 0 Å². The van der Waals surface area contributed by atoms with Gasteiger partial charge in [-0.1, -0.05) is 6.92 Å². The molecule has 0 radical (unpaired) electrons. The molecule has 0 unspecified atom stereocenters. The van der Waals surface area contributed by atoms with Crippen molar-refractivity contribution in [1.29, 1.82) is 0 Å². The molecule has 0 spiro atoms. The van der Waals surface area contributed by atoms with E-state index in [9.17, 15) is 0 Å². The van der Waals surface area contributed by atoms with Crippen molar-refractivity contribution >= 4 is 16.5 Å². The van der Waals surface area contributed by atoms with Crippen molar-refractivity contribution < 1.29 is 3.96 Å². The highest BCUT2D eigenvalue weighted by molar-refractivity contribution is 7.06. The van der Waals surface area contributed by atoms with Gasteiger partial charge in [0.05, 0.1) is 5.56 Å². The van der Waals surface area contributed by atoms with E-state index in [2.05, 4.69) is 43.0 Å². The Balaban J connectivity index is 2.96. The number of anilines is 1. The highest BCUT2D eigenvalue weighted by Crippen LogP contribution is 2.22. The third-order valence-corrected chi connectivity index (χ3v) is 3.18. The summed E-state index contributed by atoms with van der Waals surface area (Å²) in [5.41, 5.74) is 1.45. The van der Waals surface area contributed by atoms with Crippen molar-refractivity contribution in [2.75, 3.05) is 18.5 Å². The minimum atomic E-state index is 1.08. The summed E-state index contributed by atoms with van der Waals surface area (Å²) in [5, 5.41) is 1.41. The van der Waals surface area contributed by atoms with Gasteiger partial charge in [0.25, 0.3) is 0 Å². The molecule has 0 saturated heterocycles. The molecular formula is C9H17N2S+. The van der Waals surface area contributed by atoms with E-state index in [4.69, 9.17) is 0 Å². The lowest BCUT2D eigenvalue weighted by atomic mass is 10.2. The quantitative estimate of drug-likeness (QED) is 0.649. The van der Waals surface area contributed by atoms with Gasteiger partial charge in [-0.15, -0.1) is 3.96 Å². The van der Waals surface area contributed by atoms with E-state index in [1.807, 2.05) is 11.5 Å². The van der Waals surface area contributed by atoms with Crippen molar-refractivity contribution in [2.24, 2.45) is 7.05 Å². The fourth-order valence-corrected chi connectivity index (χ4v) is 2.23. The summed E-state index contributed by atoms with van der Waals surface area (Å²) in [6.45, 7) is 5.46. The molecule has 0 fully saturated rings. The molecule has 0 saturated carbocycles. The van der Waals surface area contributed by atoms with E-state index in [1.165, 1.54) is 10.6 Å². The number of nitrogens with zero attached hydrogens (tertiary/aromatic N) is 2. The number of hydrogen-bond donors (Lipinski definition) is 0. The minimum absolute atomic E-state index is 1.08. The Morgan fingerprint density at radius 1 is 1.50 bits per heavy atom. The number of aryl methyl sites for hydroxylation is 2. The molecule has 3 heteroatoms. The summed E-state index contributed by atoms with van der Waals surface area (Å²) in [4.78, 5) is 2.30. The Morgan fingerprint density at radius 2 is 2.17 bits per heavy atom. The van der Waals surface area contributed by atoms with Crippen molar-refractivity contribution in [3.8, 4) is 0 Å². The van der Waals surface area contributed by atoms with Crippen LogP contribution in [-0.4, -0.2) is 13.6 Å². The Hall–Kier alpha value is -0.570. The molecule has 1 heterocycles. The normalized spacial score (nSPS) is 10.3. The van der Waals surface area contributed by atoms with Gasteiger partial charge in [-0.2, -0.15) is 0 Å². The monoisotopic (exact) mass is 185 g/mol. The maximum absolute atomic E-state index is 2.30. The Morgan fingerprint density at radius 3 is 2.67 bits per heavy atom. The van der Waals surface area contributed by atoms with E-state index in [-0.39, 0.29) is 0 Å². The van der Waals surface area contributed by atoms with Crippen molar-refractivity contribution in [3.63, 3.8) is 0 Å². The molecule has 0 aliphatic heterocycles. The average Bonchev–Trinajstić information content (AvgIpc) is 2.45. The fraction of sp³-hybridized carbons (Fsp3) is 0.667. The maximum atomic E-state index is 2.30. The minimum Gasteiger partial charge on any atom is -0.362 e. The molecule has 0 aliphatic rings. The summed E-state index contributed by atoms with van der Waals surface area (Å²) >= 11 is 1.81. The Kier molecular flexibility index (Phi) is 3.09. The Bertz CT molecular complexity index is 255. The lowest BCUT2D eigenvalue weighted by Crippen LogP contribution is -2.20. The zero-order chi connectivity index (χ0) is 9.14. The second-order valence-electron chi connectivity index (χ2n) is 2.96. The average molecular weight is 185 g/mol. The second-order valence-corrected chi connectivity index (χ2v) is 4.11. The first-order chi connectivity index (χ1) is 5.69. The van der Waals surface area contributed by atoms with Gasteiger partial charge in [0.1, 0.15) is 0 Å². The predicted octanol–water partition coefficient (Wildman–Crippen LogP) is 1.59. The number of rotatable bonds is 3. The van der Waals surface area contributed by atoms with Crippen LogP contribution < -0.4 is 8.86 Å². The summed E-state index contributed by atoms with van der Waals surface area (Å²) in [6.07, 6.45) is 3.34. The highest BCUT2D eigenvalue weighted by atomic mass is 32.1. The van der Waals surface area contributed by atoms with Gasteiger partial charge in [0, 0.05) is 13.6 Å². The van der Waals surface area contributed by atoms with Crippen LogP contribution in [0.2, 0.25) is 0 Å². The lowest BCUT2D eigenvalue weighted by molar-refractivity contribution is -0.600. The van der Waals surface area contributed by atoms with Crippen LogP contribution in [0.5, 0.6) is 0 Å². The zero-order valence-electron chi connectivity index (χ0n) is 8.29. The van der Waals surface area contributed by atoms with E-state index in [0.717, 1.165) is 13.0 Å². The maximum Gasteiger partial charge on any atom is 0.189 e. The van der Waals surface area contributed by atoms with E-state index < -0.39 is 0 Å². The van der Waals surface area contributed by atoms with Crippen LogP contribution in [0, 0.1) is 0 Å². The predicted molar refractivity (Wildman–Crippen MR) is 53.8 cm³/mol. The molecule has 0 aromatic carbocycles. The summed E-state index contributed by atoms with van der Waals surface area (Å²) in [6, 6.07) is 0. The molecule has 0 aliphatic carbocycles. The lowest BCUT2D eigenvalue weighted by Gasteiger charge is -2.12. The number of aromatic nitrogens is 1. The van der Waals surface area contributed by atoms with Crippen LogP contribution in [0.1, 0.15) is 19.4 Å². The molecule has 12 heavy (non-hydrogen) atoms. The van der Waals surface area contributed by atoms with E-state index >= 15 is 0 Å². The SMILES string of the molecule is CCc1c[n+](C)sc1N(C)CC. The molecule has 0 amide bonds. The van der Waals surface area contributed by atoms with Crippen LogP contribution in [0.15, 0.2) is 6.20 Å². The first kappa shape index (κ1) is 9.52. The molecule has 1 rings (SSSR count). The molecule has 0 N–H and O–H groups in total. The van der Waals surface area contributed by atoms with E-state index in [1.54, 1.807) is 0 Å². The Labute approximate surface area is 78.6 Å².